The molecule has 24 heavy (non-hydrogen) atoms. The average Bonchev–Trinajstić information content (AvgIpc) is 3.02. The molecule has 2 amide bonds. The molecule has 3 rings (SSSR count). The number of aromatic nitrogens is 2. The van der Waals surface area contributed by atoms with Gasteiger partial charge in [0.1, 0.15) is 0 Å². The third-order valence-corrected chi connectivity index (χ3v) is 4.44. The van der Waals surface area contributed by atoms with Crippen LogP contribution in [0, 0.1) is 0 Å². The van der Waals surface area contributed by atoms with Crippen LogP contribution in [0.4, 0.5) is 10.5 Å². The fraction of sp³-hybridized carbons (Fsp3) is 0.444. The lowest BCUT2D eigenvalue weighted by atomic mass is 9.85. The van der Waals surface area contributed by atoms with Crippen molar-refractivity contribution in [3.05, 3.63) is 48.3 Å². The van der Waals surface area contributed by atoms with Crippen LogP contribution in [0.25, 0.3) is 0 Å². The minimum absolute atomic E-state index is 0.289. The van der Waals surface area contributed by atoms with Crippen molar-refractivity contribution in [2.24, 2.45) is 0 Å². The Morgan fingerprint density at radius 2 is 1.96 bits per heavy atom. The smallest absolute Gasteiger partial charge is 0.319 e. The van der Waals surface area contributed by atoms with Crippen molar-refractivity contribution in [2.45, 2.75) is 44.2 Å². The van der Waals surface area contributed by atoms with Crippen LogP contribution in [-0.4, -0.2) is 33.1 Å². The molecule has 0 bridgehead atoms. The third kappa shape index (κ3) is 4.58. The predicted molar refractivity (Wildman–Crippen MR) is 92.8 cm³/mol. The Labute approximate surface area is 141 Å². The maximum atomic E-state index is 12.0. The molecule has 6 nitrogen and oxygen atoms in total. The normalized spacial score (nSPS) is 16.5. The van der Waals surface area contributed by atoms with Gasteiger partial charge in [0.05, 0.1) is 24.0 Å². The number of hydrogen-bond acceptors (Lipinski definition) is 3. The Balaban J connectivity index is 1.48. The SMILES string of the molecule is O=C(NCC1(O)CCCCC1)Nc1cnn(Cc2ccccc2)c1. The summed E-state index contributed by atoms with van der Waals surface area (Å²) < 4.78 is 1.78. The lowest BCUT2D eigenvalue weighted by molar-refractivity contribution is 0.00755. The van der Waals surface area contributed by atoms with E-state index in [1.54, 1.807) is 17.1 Å². The van der Waals surface area contributed by atoms with Crippen LogP contribution >= 0.6 is 0 Å². The maximum absolute atomic E-state index is 12.0. The van der Waals surface area contributed by atoms with E-state index in [0.717, 1.165) is 37.7 Å². The Morgan fingerprint density at radius 1 is 1.21 bits per heavy atom. The molecule has 0 saturated heterocycles. The molecule has 1 saturated carbocycles. The van der Waals surface area contributed by atoms with Crippen LogP contribution in [0.1, 0.15) is 37.7 Å². The summed E-state index contributed by atoms with van der Waals surface area (Å²) in [6.07, 6.45) is 8.12. The van der Waals surface area contributed by atoms with Crippen LogP contribution < -0.4 is 10.6 Å². The van der Waals surface area contributed by atoms with E-state index in [1.807, 2.05) is 30.3 Å². The molecule has 0 radical (unpaired) electrons. The molecular formula is C18H24N4O2. The standard InChI is InChI=1S/C18H24N4O2/c23-17(19-14-18(24)9-5-2-6-10-18)21-16-11-20-22(13-16)12-15-7-3-1-4-8-15/h1,3-4,7-8,11,13,24H,2,5-6,9-10,12,14H2,(H2,19,21,23). The van der Waals surface area contributed by atoms with Gasteiger partial charge >= 0.3 is 6.03 Å². The molecule has 3 N–H and O–H groups in total. The van der Waals surface area contributed by atoms with Crippen molar-refractivity contribution in [1.82, 2.24) is 15.1 Å². The summed E-state index contributed by atoms with van der Waals surface area (Å²) in [5.41, 5.74) is 1.03. The molecule has 1 heterocycles. The van der Waals surface area contributed by atoms with E-state index < -0.39 is 5.60 Å². The fourth-order valence-corrected chi connectivity index (χ4v) is 3.09. The number of nitrogens with one attached hydrogen (secondary N) is 2. The third-order valence-electron chi connectivity index (χ3n) is 4.44. The number of carbonyl (C=O) groups is 1. The molecule has 1 aromatic heterocycles. The zero-order chi connectivity index (χ0) is 16.8. The number of benzene rings is 1. The van der Waals surface area contributed by atoms with Gasteiger partial charge in [-0.05, 0) is 18.4 Å². The van der Waals surface area contributed by atoms with Crippen molar-refractivity contribution in [2.75, 3.05) is 11.9 Å². The van der Waals surface area contributed by atoms with Gasteiger partial charge in [0.15, 0.2) is 0 Å². The Morgan fingerprint density at radius 3 is 2.71 bits per heavy atom. The van der Waals surface area contributed by atoms with Crippen LogP contribution in [0.5, 0.6) is 0 Å². The summed E-state index contributed by atoms with van der Waals surface area (Å²) in [6.45, 7) is 0.945. The van der Waals surface area contributed by atoms with Crippen LogP contribution in [0.2, 0.25) is 0 Å². The molecule has 2 aromatic rings. The predicted octanol–water partition coefficient (Wildman–Crippen LogP) is 2.75. The molecule has 0 unspecified atom stereocenters. The number of aliphatic hydroxyl groups is 1. The highest BCUT2D eigenvalue weighted by Gasteiger charge is 2.29. The summed E-state index contributed by atoms with van der Waals surface area (Å²) in [6, 6.07) is 9.71. The van der Waals surface area contributed by atoms with Gasteiger partial charge in [-0.3, -0.25) is 4.68 Å². The second-order valence-corrected chi connectivity index (χ2v) is 6.50. The molecule has 6 heteroatoms. The van der Waals surface area contributed by atoms with Crippen LogP contribution in [0.3, 0.4) is 0 Å². The van der Waals surface area contributed by atoms with Crippen molar-refractivity contribution in [3.8, 4) is 0 Å². The number of carbonyl (C=O) groups excluding carboxylic acids is 1. The second kappa shape index (κ2) is 7.49. The molecule has 128 valence electrons. The highest BCUT2D eigenvalue weighted by Crippen LogP contribution is 2.27. The number of amides is 2. The molecule has 0 spiro atoms. The Hall–Kier alpha value is -2.34. The topological polar surface area (TPSA) is 79.2 Å². The minimum atomic E-state index is -0.757. The quantitative estimate of drug-likeness (QED) is 0.789. The first-order valence-corrected chi connectivity index (χ1v) is 8.47. The first kappa shape index (κ1) is 16.5. The molecular weight excluding hydrogens is 304 g/mol. The van der Waals surface area contributed by atoms with Gasteiger partial charge in [0, 0.05) is 12.7 Å². The van der Waals surface area contributed by atoms with Crippen molar-refractivity contribution >= 4 is 11.7 Å². The zero-order valence-electron chi connectivity index (χ0n) is 13.7. The van der Waals surface area contributed by atoms with Gasteiger partial charge in [-0.25, -0.2) is 4.79 Å². The van der Waals surface area contributed by atoms with Gasteiger partial charge in [-0.1, -0.05) is 49.6 Å². The monoisotopic (exact) mass is 328 g/mol. The van der Waals surface area contributed by atoms with Gasteiger partial charge in [-0.15, -0.1) is 0 Å². The van der Waals surface area contributed by atoms with E-state index in [1.165, 1.54) is 0 Å². The summed E-state index contributed by atoms with van der Waals surface area (Å²) in [5.74, 6) is 0. The number of nitrogens with zero attached hydrogens (tertiary/aromatic N) is 2. The molecule has 1 fully saturated rings. The first-order valence-electron chi connectivity index (χ1n) is 8.47. The first-order chi connectivity index (χ1) is 11.6. The number of hydrogen-bond donors (Lipinski definition) is 3. The van der Waals surface area contributed by atoms with E-state index in [0.29, 0.717) is 12.2 Å². The summed E-state index contributed by atoms with van der Waals surface area (Å²) in [5, 5.41) is 20.2. The summed E-state index contributed by atoms with van der Waals surface area (Å²) >= 11 is 0. The minimum Gasteiger partial charge on any atom is -0.388 e. The van der Waals surface area contributed by atoms with Gasteiger partial charge in [0.25, 0.3) is 0 Å². The van der Waals surface area contributed by atoms with Gasteiger partial charge in [0.2, 0.25) is 0 Å². The second-order valence-electron chi connectivity index (χ2n) is 6.50. The van der Waals surface area contributed by atoms with Gasteiger partial charge in [-0.2, -0.15) is 5.10 Å². The lowest BCUT2D eigenvalue weighted by Gasteiger charge is -2.32. The summed E-state index contributed by atoms with van der Waals surface area (Å²) in [4.78, 5) is 12.0. The maximum Gasteiger partial charge on any atom is 0.319 e. The van der Waals surface area contributed by atoms with Crippen LogP contribution in [0.15, 0.2) is 42.7 Å². The highest BCUT2D eigenvalue weighted by atomic mass is 16.3. The molecule has 1 aliphatic carbocycles. The Kier molecular flexibility index (Phi) is 5.15. The number of urea groups is 1. The largest absolute Gasteiger partial charge is 0.388 e. The van der Waals surface area contributed by atoms with Crippen molar-refractivity contribution in [1.29, 1.82) is 0 Å². The Bertz CT molecular complexity index is 663. The van der Waals surface area contributed by atoms with E-state index in [9.17, 15) is 9.90 Å². The molecule has 1 aromatic carbocycles. The highest BCUT2D eigenvalue weighted by molar-refractivity contribution is 5.88. The van der Waals surface area contributed by atoms with Gasteiger partial charge < -0.3 is 15.7 Å². The van der Waals surface area contributed by atoms with E-state index >= 15 is 0 Å². The van der Waals surface area contributed by atoms with E-state index in [4.69, 9.17) is 0 Å². The van der Waals surface area contributed by atoms with Crippen molar-refractivity contribution in [3.63, 3.8) is 0 Å². The molecule has 1 aliphatic rings. The number of rotatable bonds is 5. The lowest BCUT2D eigenvalue weighted by Crippen LogP contribution is -2.45. The molecule has 0 aliphatic heterocycles. The van der Waals surface area contributed by atoms with Crippen molar-refractivity contribution < 1.29 is 9.90 Å². The number of anilines is 1. The molecule has 0 atom stereocenters. The fourth-order valence-electron chi connectivity index (χ4n) is 3.09. The zero-order valence-corrected chi connectivity index (χ0v) is 13.7. The summed E-state index contributed by atoms with van der Waals surface area (Å²) in [7, 11) is 0. The van der Waals surface area contributed by atoms with E-state index in [-0.39, 0.29) is 12.6 Å². The van der Waals surface area contributed by atoms with Crippen LogP contribution in [-0.2, 0) is 6.54 Å². The van der Waals surface area contributed by atoms with E-state index in [2.05, 4.69) is 15.7 Å². The average molecular weight is 328 g/mol.